The third-order valence-corrected chi connectivity index (χ3v) is 13.8. The first-order valence-corrected chi connectivity index (χ1v) is 22.1. The van der Waals surface area contributed by atoms with Gasteiger partial charge in [0.1, 0.15) is 0 Å². The SMILES string of the molecule is Cc1cc2cc(n1)-c1c(C)nn(C)c1OC[C@H]1CC[C@H](C1)Cn1c(nc3ccc(N4CCN(C5CCN(c6ccc(C7CCC(=O)NC7=O)nc6C)CC5)CC4)cc31)NC2=O. The Kier molecular flexibility index (Phi) is 10.2. The molecule has 15 nitrogen and oxygen atoms in total. The second-order valence-corrected chi connectivity index (χ2v) is 17.9. The summed E-state index contributed by atoms with van der Waals surface area (Å²) in [5.74, 6) is 1.08. The van der Waals surface area contributed by atoms with Gasteiger partial charge in [0.05, 0.1) is 57.6 Å². The minimum Gasteiger partial charge on any atom is -0.477 e. The van der Waals surface area contributed by atoms with Gasteiger partial charge in [0.2, 0.25) is 23.6 Å². The lowest BCUT2D eigenvalue weighted by molar-refractivity contribution is -0.134. The van der Waals surface area contributed by atoms with Crippen molar-refractivity contribution in [3.05, 3.63) is 70.8 Å². The van der Waals surface area contributed by atoms with Gasteiger partial charge in [-0.2, -0.15) is 5.10 Å². The van der Waals surface area contributed by atoms with Gasteiger partial charge in [-0.3, -0.25) is 39.9 Å². The van der Waals surface area contributed by atoms with E-state index in [0.29, 0.717) is 60.4 Å². The quantitative estimate of drug-likeness (QED) is 0.220. The van der Waals surface area contributed by atoms with Gasteiger partial charge in [-0.15, -0.1) is 0 Å². The maximum Gasteiger partial charge on any atom is 0.258 e. The fourth-order valence-corrected chi connectivity index (χ4v) is 10.6. The van der Waals surface area contributed by atoms with Crippen molar-refractivity contribution in [1.82, 2.24) is 39.5 Å². The van der Waals surface area contributed by atoms with Gasteiger partial charge in [-0.1, -0.05) is 0 Å². The third-order valence-electron chi connectivity index (χ3n) is 13.8. The van der Waals surface area contributed by atoms with Crippen molar-refractivity contribution in [2.24, 2.45) is 18.9 Å². The van der Waals surface area contributed by atoms with E-state index in [2.05, 4.69) is 59.3 Å². The van der Waals surface area contributed by atoms with Gasteiger partial charge >= 0.3 is 0 Å². The number of aryl methyl sites for hydroxylation is 4. The maximum absolute atomic E-state index is 14.1. The molecule has 5 aromatic rings. The molecule has 4 bridgehead atoms. The number of piperidine rings is 2. The highest BCUT2D eigenvalue weighted by molar-refractivity contribution is 6.05. The molecule has 8 heterocycles. The zero-order chi connectivity index (χ0) is 41.9. The van der Waals surface area contributed by atoms with Crippen molar-refractivity contribution in [1.29, 1.82) is 0 Å². The number of rotatable bonds is 4. The first-order chi connectivity index (χ1) is 29.5. The summed E-state index contributed by atoms with van der Waals surface area (Å²) in [5, 5.41) is 10.3. The maximum atomic E-state index is 14.1. The van der Waals surface area contributed by atoms with Gasteiger partial charge < -0.3 is 19.1 Å². The van der Waals surface area contributed by atoms with Crippen molar-refractivity contribution in [2.75, 3.05) is 61.0 Å². The topological polar surface area (TPSA) is 156 Å². The van der Waals surface area contributed by atoms with E-state index >= 15 is 0 Å². The molecule has 10 rings (SSSR count). The lowest BCUT2D eigenvalue weighted by Crippen LogP contribution is -2.53. The number of hydrogen-bond donors (Lipinski definition) is 2. The summed E-state index contributed by atoms with van der Waals surface area (Å²) >= 11 is 0. The smallest absolute Gasteiger partial charge is 0.258 e. The Labute approximate surface area is 355 Å². The average molecular weight is 826 g/mol. The first kappa shape index (κ1) is 39.3. The second kappa shape index (κ2) is 15.9. The number of benzene rings is 1. The summed E-state index contributed by atoms with van der Waals surface area (Å²) in [7, 11) is 1.90. The highest BCUT2D eigenvalue weighted by Gasteiger charge is 2.33. The van der Waals surface area contributed by atoms with Crippen LogP contribution in [0.15, 0.2) is 42.5 Å². The number of aromatic nitrogens is 6. The van der Waals surface area contributed by atoms with Gasteiger partial charge in [0.25, 0.3) is 5.91 Å². The van der Waals surface area contributed by atoms with Gasteiger partial charge in [0, 0.05) is 82.3 Å². The standard InChI is InChI=1S/C46H55N11O4/c1-27-21-32-23-38(47-27)42-29(3)52-53(4)45(42)61-26-31-6-5-30(22-31)25-57-40-24-34(7-9-37(40)49-46(57)51-43(32)59)55-19-17-54(18-20-55)33-13-15-56(16-14-33)39-11-10-36(48-28(39)2)35-8-12-41(58)50-44(35)60/h7,9-11,21,23-24,30-31,33,35H,5-6,8,12-20,22,25-26H2,1-4H3,(H,49,51,59)(H,50,58,60)/t30-,31+,35?/m1/s1. The normalized spacial score (nSPS) is 22.9. The van der Waals surface area contributed by atoms with Crippen LogP contribution in [0.3, 0.4) is 0 Å². The summed E-state index contributed by atoms with van der Waals surface area (Å²) in [5.41, 5.74) is 9.49. The molecule has 1 aromatic carbocycles. The number of imidazole rings is 1. The molecule has 15 heteroatoms. The highest BCUT2D eigenvalue weighted by atomic mass is 16.5. The first-order valence-electron chi connectivity index (χ1n) is 22.1. The molecule has 3 saturated heterocycles. The summed E-state index contributed by atoms with van der Waals surface area (Å²) < 4.78 is 10.6. The monoisotopic (exact) mass is 825 g/mol. The molecule has 3 atom stereocenters. The number of amides is 3. The van der Waals surface area contributed by atoms with Crippen LogP contribution in [0.1, 0.15) is 84.0 Å². The van der Waals surface area contributed by atoms with Crippen LogP contribution in [0, 0.1) is 32.6 Å². The van der Waals surface area contributed by atoms with E-state index in [0.717, 1.165) is 123 Å². The van der Waals surface area contributed by atoms with Crippen LogP contribution in [-0.4, -0.2) is 104 Å². The Balaban J connectivity index is 0.828. The zero-order valence-corrected chi connectivity index (χ0v) is 35.6. The molecule has 3 amide bonds. The van der Waals surface area contributed by atoms with E-state index in [1.807, 2.05) is 46.0 Å². The van der Waals surface area contributed by atoms with E-state index in [1.54, 1.807) is 4.68 Å². The summed E-state index contributed by atoms with van der Waals surface area (Å²) in [4.78, 5) is 60.4. The summed E-state index contributed by atoms with van der Waals surface area (Å²) in [6.45, 7) is 13.1. The van der Waals surface area contributed by atoms with Crippen LogP contribution in [0.25, 0.3) is 22.3 Å². The molecule has 4 aliphatic heterocycles. The molecule has 1 unspecified atom stereocenters. The molecule has 4 aromatic heterocycles. The van der Waals surface area contributed by atoms with Gasteiger partial charge in [0.15, 0.2) is 0 Å². The van der Waals surface area contributed by atoms with Crippen LogP contribution in [-0.2, 0) is 23.2 Å². The summed E-state index contributed by atoms with van der Waals surface area (Å²) in [6, 6.07) is 14.8. The number of nitrogens with one attached hydrogen (secondary N) is 2. The predicted molar refractivity (Wildman–Crippen MR) is 233 cm³/mol. The van der Waals surface area contributed by atoms with Crippen LogP contribution in [0.4, 0.5) is 17.3 Å². The van der Waals surface area contributed by atoms with E-state index in [9.17, 15) is 14.4 Å². The molecule has 1 aliphatic carbocycles. The Hall–Kier alpha value is -5.83. The molecule has 0 spiro atoms. The van der Waals surface area contributed by atoms with E-state index in [-0.39, 0.29) is 23.6 Å². The molecule has 0 radical (unpaired) electrons. The number of fused-ring (bicyclic) bond motifs is 9. The lowest BCUT2D eigenvalue weighted by Gasteiger charge is -2.44. The number of ether oxygens (including phenoxy) is 1. The molecule has 1 saturated carbocycles. The number of carbonyl (C=O) groups is 3. The Morgan fingerprint density at radius 2 is 1.57 bits per heavy atom. The molecule has 2 N–H and O–H groups in total. The molecule has 61 heavy (non-hydrogen) atoms. The fraction of sp³-hybridized carbons (Fsp3) is 0.500. The Morgan fingerprint density at radius 3 is 2.36 bits per heavy atom. The number of hydrogen-bond acceptors (Lipinski definition) is 11. The molecule has 5 aliphatic rings. The zero-order valence-electron chi connectivity index (χ0n) is 35.6. The second-order valence-electron chi connectivity index (χ2n) is 17.9. The van der Waals surface area contributed by atoms with Crippen molar-refractivity contribution in [2.45, 2.75) is 84.2 Å². The number of nitrogens with zero attached hydrogens (tertiary/aromatic N) is 9. The van der Waals surface area contributed by atoms with Crippen molar-refractivity contribution < 1.29 is 19.1 Å². The fourth-order valence-electron chi connectivity index (χ4n) is 10.6. The Bertz CT molecular complexity index is 2530. The molecule has 318 valence electrons. The average Bonchev–Trinajstić information content (AvgIpc) is 3.93. The summed E-state index contributed by atoms with van der Waals surface area (Å²) in [6.07, 6.45) is 6.26. The van der Waals surface area contributed by atoms with E-state index in [1.165, 1.54) is 5.69 Å². The van der Waals surface area contributed by atoms with E-state index in [4.69, 9.17) is 19.7 Å². The van der Waals surface area contributed by atoms with Crippen LogP contribution < -0.4 is 25.2 Å². The number of imide groups is 1. The largest absolute Gasteiger partial charge is 0.477 e. The number of carbonyl (C=O) groups excluding carboxylic acids is 3. The van der Waals surface area contributed by atoms with Crippen LogP contribution in [0.2, 0.25) is 0 Å². The number of anilines is 3. The van der Waals surface area contributed by atoms with Crippen molar-refractivity contribution in [3.63, 3.8) is 0 Å². The Morgan fingerprint density at radius 1 is 0.770 bits per heavy atom. The van der Waals surface area contributed by atoms with Crippen molar-refractivity contribution in [3.8, 4) is 17.1 Å². The van der Waals surface area contributed by atoms with Gasteiger partial charge in [-0.05, 0) is 114 Å². The molecular weight excluding hydrogens is 771 g/mol. The van der Waals surface area contributed by atoms with Crippen LogP contribution in [0.5, 0.6) is 5.88 Å². The number of pyridine rings is 2. The van der Waals surface area contributed by atoms with Crippen LogP contribution >= 0.6 is 0 Å². The lowest BCUT2D eigenvalue weighted by atomic mass is 9.94. The molecular formula is C46H55N11O4. The number of piperazine rings is 1. The van der Waals surface area contributed by atoms with E-state index < -0.39 is 0 Å². The van der Waals surface area contributed by atoms with Crippen molar-refractivity contribution >= 4 is 46.1 Å². The molecule has 4 fully saturated rings. The minimum atomic E-state index is -0.369. The highest BCUT2D eigenvalue weighted by Crippen LogP contribution is 2.38. The third kappa shape index (κ3) is 7.61. The predicted octanol–water partition coefficient (Wildman–Crippen LogP) is 5.52. The minimum absolute atomic E-state index is 0.205. The van der Waals surface area contributed by atoms with Gasteiger partial charge in [-0.25, -0.2) is 9.67 Å².